The van der Waals surface area contributed by atoms with Crippen molar-refractivity contribution < 1.29 is 9.59 Å². The summed E-state index contributed by atoms with van der Waals surface area (Å²) in [5, 5.41) is 5.76. The zero-order chi connectivity index (χ0) is 16.1. The van der Waals surface area contributed by atoms with Crippen LogP contribution in [0.1, 0.15) is 43.5 Å². The van der Waals surface area contributed by atoms with Crippen LogP contribution in [0, 0.1) is 15.4 Å². The Bertz CT molecular complexity index is 547. The summed E-state index contributed by atoms with van der Waals surface area (Å²) >= 11 is 2.12. The summed E-state index contributed by atoms with van der Waals surface area (Å²) in [4.78, 5) is 24.1. The van der Waals surface area contributed by atoms with Gasteiger partial charge in [-0.3, -0.25) is 9.59 Å². The summed E-state index contributed by atoms with van der Waals surface area (Å²) in [7, 11) is 0. The predicted octanol–water partition coefficient (Wildman–Crippen LogP) is 2.96. The number of carbonyl (C=O) groups is 2. The maximum Gasteiger partial charge on any atom is 0.252 e. The minimum absolute atomic E-state index is 0.0292. The van der Waals surface area contributed by atoms with Gasteiger partial charge in [-0.1, -0.05) is 38.8 Å². The first-order chi connectivity index (χ1) is 10.5. The SMILES string of the molecule is C[C@@H]1[C@@H](C)CCC[C@H]1NC(=O)CNC(=O)c1ccccc1I. The second kappa shape index (κ2) is 7.94. The molecule has 5 heteroatoms. The van der Waals surface area contributed by atoms with Crippen molar-refractivity contribution in [3.63, 3.8) is 0 Å². The highest BCUT2D eigenvalue weighted by Crippen LogP contribution is 2.29. The molecule has 1 saturated carbocycles. The molecule has 2 amide bonds. The van der Waals surface area contributed by atoms with E-state index in [1.54, 1.807) is 6.07 Å². The van der Waals surface area contributed by atoms with Crippen LogP contribution in [0.3, 0.4) is 0 Å². The van der Waals surface area contributed by atoms with E-state index in [9.17, 15) is 9.59 Å². The van der Waals surface area contributed by atoms with E-state index >= 15 is 0 Å². The van der Waals surface area contributed by atoms with Crippen molar-refractivity contribution in [2.24, 2.45) is 11.8 Å². The van der Waals surface area contributed by atoms with Gasteiger partial charge >= 0.3 is 0 Å². The lowest BCUT2D eigenvalue weighted by Crippen LogP contribution is -2.47. The molecule has 3 atom stereocenters. The topological polar surface area (TPSA) is 58.2 Å². The van der Waals surface area contributed by atoms with Crippen LogP contribution in [-0.2, 0) is 4.79 Å². The summed E-state index contributed by atoms with van der Waals surface area (Å²) in [5.41, 5.74) is 0.607. The molecule has 0 heterocycles. The summed E-state index contributed by atoms with van der Waals surface area (Å²) in [6.45, 7) is 4.46. The summed E-state index contributed by atoms with van der Waals surface area (Å²) in [6.07, 6.45) is 3.42. The Morgan fingerprint density at radius 1 is 1.23 bits per heavy atom. The third-order valence-electron chi connectivity index (χ3n) is 4.58. The lowest BCUT2D eigenvalue weighted by Gasteiger charge is -2.34. The first-order valence-electron chi connectivity index (χ1n) is 7.81. The molecule has 2 rings (SSSR count). The fourth-order valence-electron chi connectivity index (χ4n) is 2.94. The van der Waals surface area contributed by atoms with Crippen LogP contribution in [0.5, 0.6) is 0 Å². The summed E-state index contributed by atoms with van der Waals surface area (Å²) in [5.74, 6) is 0.818. The number of nitrogens with one attached hydrogen (secondary N) is 2. The Balaban J connectivity index is 1.83. The molecule has 22 heavy (non-hydrogen) atoms. The average molecular weight is 414 g/mol. The minimum Gasteiger partial charge on any atom is -0.352 e. The van der Waals surface area contributed by atoms with E-state index in [4.69, 9.17) is 0 Å². The number of rotatable bonds is 4. The van der Waals surface area contributed by atoms with Gasteiger partial charge in [-0.25, -0.2) is 0 Å². The van der Waals surface area contributed by atoms with Crippen molar-refractivity contribution in [2.75, 3.05) is 6.54 Å². The zero-order valence-corrected chi connectivity index (χ0v) is 15.2. The number of benzene rings is 1. The molecular weight excluding hydrogens is 391 g/mol. The molecule has 1 fully saturated rings. The lowest BCUT2D eigenvalue weighted by atomic mass is 9.78. The van der Waals surface area contributed by atoms with Crippen molar-refractivity contribution >= 4 is 34.4 Å². The van der Waals surface area contributed by atoms with Gasteiger partial charge in [0, 0.05) is 9.61 Å². The summed E-state index contributed by atoms with van der Waals surface area (Å²) < 4.78 is 0.882. The van der Waals surface area contributed by atoms with Gasteiger partial charge in [-0.2, -0.15) is 0 Å². The molecule has 0 bridgehead atoms. The van der Waals surface area contributed by atoms with Crippen LogP contribution in [0.25, 0.3) is 0 Å². The van der Waals surface area contributed by atoms with Crippen molar-refractivity contribution in [3.8, 4) is 0 Å². The van der Waals surface area contributed by atoms with Gasteiger partial charge in [-0.05, 0) is 53.0 Å². The third-order valence-corrected chi connectivity index (χ3v) is 5.52. The normalized spacial score (nSPS) is 24.6. The largest absolute Gasteiger partial charge is 0.352 e. The van der Waals surface area contributed by atoms with E-state index in [1.165, 1.54) is 6.42 Å². The van der Waals surface area contributed by atoms with Crippen LogP contribution >= 0.6 is 22.6 Å². The Hall–Kier alpha value is -1.11. The molecule has 0 aromatic heterocycles. The van der Waals surface area contributed by atoms with E-state index in [1.807, 2.05) is 18.2 Å². The van der Waals surface area contributed by atoms with Gasteiger partial charge in [-0.15, -0.1) is 0 Å². The first-order valence-corrected chi connectivity index (χ1v) is 8.89. The number of hydrogen-bond acceptors (Lipinski definition) is 2. The molecule has 0 unspecified atom stereocenters. The monoisotopic (exact) mass is 414 g/mol. The molecule has 120 valence electrons. The maximum absolute atomic E-state index is 12.1. The smallest absolute Gasteiger partial charge is 0.252 e. The van der Waals surface area contributed by atoms with Gasteiger partial charge in [0.15, 0.2) is 0 Å². The van der Waals surface area contributed by atoms with Crippen molar-refractivity contribution in [3.05, 3.63) is 33.4 Å². The molecule has 1 aliphatic rings. The Morgan fingerprint density at radius 2 is 1.95 bits per heavy atom. The molecule has 1 aromatic rings. The molecule has 2 N–H and O–H groups in total. The van der Waals surface area contributed by atoms with Crippen LogP contribution in [0.15, 0.2) is 24.3 Å². The van der Waals surface area contributed by atoms with E-state index in [0.29, 0.717) is 17.4 Å². The van der Waals surface area contributed by atoms with Gasteiger partial charge in [0.05, 0.1) is 12.1 Å². The molecule has 0 spiro atoms. The number of hydrogen-bond donors (Lipinski definition) is 2. The lowest BCUT2D eigenvalue weighted by molar-refractivity contribution is -0.121. The maximum atomic E-state index is 12.1. The van der Waals surface area contributed by atoms with E-state index in [0.717, 1.165) is 16.4 Å². The fourth-order valence-corrected chi connectivity index (χ4v) is 3.58. The highest BCUT2D eigenvalue weighted by atomic mass is 127. The number of amides is 2. The van der Waals surface area contributed by atoms with E-state index < -0.39 is 0 Å². The Kier molecular flexibility index (Phi) is 6.23. The second-order valence-electron chi connectivity index (χ2n) is 6.10. The highest BCUT2D eigenvalue weighted by molar-refractivity contribution is 14.1. The minimum atomic E-state index is -0.204. The van der Waals surface area contributed by atoms with Crippen molar-refractivity contribution in [2.45, 2.75) is 39.2 Å². The molecule has 0 saturated heterocycles. The Morgan fingerprint density at radius 3 is 2.68 bits per heavy atom. The second-order valence-corrected chi connectivity index (χ2v) is 7.27. The molecule has 4 nitrogen and oxygen atoms in total. The van der Waals surface area contributed by atoms with Crippen LogP contribution in [0.4, 0.5) is 0 Å². The molecule has 0 aliphatic heterocycles. The van der Waals surface area contributed by atoms with Crippen LogP contribution in [-0.4, -0.2) is 24.4 Å². The molecule has 1 aliphatic carbocycles. The zero-order valence-electron chi connectivity index (χ0n) is 13.1. The van der Waals surface area contributed by atoms with Crippen LogP contribution in [0.2, 0.25) is 0 Å². The van der Waals surface area contributed by atoms with Crippen LogP contribution < -0.4 is 10.6 Å². The third kappa shape index (κ3) is 4.44. The molecular formula is C17H23IN2O2. The van der Waals surface area contributed by atoms with Gasteiger partial charge in [0.1, 0.15) is 0 Å². The highest BCUT2D eigenvalue weighted by Gasteiger charge is 2.28. The number of carbonyl (C=O) groups excluding carboxylic acids is 2. The standard InChI is InChI=1S/C17H23IN2O2/c1-11-6-5-9-15(12(11)2)20-16(21)10-19-17(22)13-7-3-4-8-14(13)18/h3-4,7-8,11-12,15H,5-6,9-10H2,1-2H3,(H,19,22)(H,20,21)/t11-,12+,15+/m0/s1. The van der Waals surface area contributed by atoms with Gasteiger partial charge in [0.25, 0.3) is 5.91 Å². The van der Waals surface area contributed by atoms with Gasteiger partial charge in [0.2, 0.25) is 5.91 Å². The first kappa shape index (κ1) is 17.2. The Labute approximate surface area is 145 Å². The average Bonchev–Trinajstić information content (AvgIpc) is 2.50. The number of halogens is 1. The molecule has 0 radical (unpaired) electrons. The fraction of sp³-hybridized carbons (Fsp3) is 0.529. The van der Waals surface area contributed by atoms with Crippen molar-refractivity contribution in [1.82, 2.24) is 10.6 Å². The quantitative estimate of drug-likeness (QED) is 0.745. The molecule has 1 aromatic carbocycles. The predicted molar refractivity (Wildman–Crippen MR) is 95.6 cm³/mol. The van der Waals surface area contributed by atoms with E-state index in [2.05, 4.69) is 47.1 Å². The van der Waals surface area contributed by atoms with E-state index in [-0.39, 0.29) is 24.4 Å². The van der Waals surface area contributed by atoms with Crippen molar-refractivity contribution in [1.29, 1.82) is 0 Å². The summed E-state index contributed by atoms with van der Waals surface area (Å²) in [6, 6.07) is 7.57. The van der Waals surface area contributed by atoms with Gasteiger partial charge < -0.3 is 10.6 Å².